The molecule has 0 saturated carbocycles. The summed E-state index contributed by atoms with van der Waals surface area (Å²) in [6.07, 6.45) is -1.38. The molecular weight excluding hydrogens is 276 g/mol. The minimum atomic E-state index is -1.38. The van der Waals surface area contributed by atoms with Crippen LogP contribution in [0.3, 0.4) is 0 Å². The number of carboxylic acid groups (broad SMARTS) is 1. The highest BCUT2D eigenvalue weighted by Crippen LogP contribution is 2.28. The molecule has 0 atom stereocenters. The topological polar surface area (TPSA) is 64.3 Å². The number of thiophene rings is 1. The van der Waals surface area contributed by atoms with E-state index in [1.165, 1.54) is 0 Å². The van der Waals surface area contributed by atoms with Crippen molar-refractivity contribution >= 4 is 17.5 Å². The van der Waals surface area contributed by atoms with Gasteiger partial charge >= 0.3 is 6.16 Å². The lowest BCUT2D eigenvalue weighted by Gasteiger charge is -2.05. The van der Waals surface area contributed by atoms with E-state index in [2.05, 4.69) is 9.84 Å². The van der Waals surface area contributed by atoms with Crippen LogP contribution in [-0.2, 0) is 0 Å². The van der Waals surface area contributed by atoms with E-state index in [-0.39, 0.29) is 5.88 Å². The third-order valence-corrected chi connectivity index (χ3v) is 3.38. The van der Waals surface area contributed by atoms with Gasteiger partial charge in [0, 0.05) is 17.0 Å². The van der Waals surface area contributed by atoms with Gasteiger partial charge in [0.25, 0.3) is 0 Å². The van der Waals surface area contributed by atoms with E-state index in [4.69, 9.17) is 5.11 Å². The van der Waals surface area contributed by atoms with Crippen molar-refractivity contribution < 1.29 is 14.6 Å². The zero-order valence-corrected chi connectivity index (χ0v) is 11.1. The molecule has 0 saturated heterocycles. The molecule has 0 aliphatic heterocycles. The average Bonchev–Trinajstić information content (AvgIpc) is 3.07. The molecule has 5 nitrogen and oxygen atoms in total. The summed E-state index contributed by atoms with van der Waals surface area (Å²) in [5.74, 6) is 0.0579. The monoisotopic (exact) mass is 286 g/mol. The van der Waals surface area contributed by atoms with Gasteiger partial charge in [0.15, 0.2) is 0 Å². The molecule has 1 aromatic carbocycles. The molecule has 3 aromatic rings. The maximum Gasteiger partial charge on any atom is 0.512 e. The number of benzene rings is 1. The summed E-state index contributed by atoms with van der Waals surface area (Å²) in [4.78, 5) is 10.6. The van der Waals surface area contributed by atoms with Crippen LogP contribution in [0.15, 0.2) is 53.2 Å². The maximum atomic E-state index is 10.6. The standard InChI is InChI=1S/C14H10N2O3S/c17-14(18)19-13-8-12(10-6-7-20-9-10)16(15-13)11-4-2-1-3-5-11/h1-9H,(H,17,18). The van der Waals surface area contributed by atoms with Gasteiger partial charge < -0.3 is 9.84 Å². The van der Waals surface area contributed by atoms with Crippen LogP contribution >= 0.6 is 11.3 Å². The molecule has 6 heteroatoms. The Morgan fingerprint density at radius 2 is 2.05 bits per heavy atom. The van der Waals surface area contributed by atoms with E-state index < -0.39 is 6.16 Å². The van der Waals surface area contributed by atoms with E-state index in [0.717, 1.165) is 16.9 Å². The van der Waals surface area contributed by atoms with Crippen molar-refractivity contribution in [2.45, 2.75) is 0 Å². The second kappa shape index (κ2) is 5.18. The number of hydrogen-bond donors (Lipinski definition) is 1. The highest BCUT2D eigenvalue weighted by Gasteiger charge is 2.14. The van der Waals surface area contributed by atoms with Gasteiger partial charge in [-0.05, 0) is 23.6 Å². The van der Waals surface area contributed by atoms with Gasteiger partial charge in [-0.25, -0.2) is 9.48 Å². The van der Waals surface area contributed by atoms with Crippen LogP contribution in [-0.4, -0.2) is 21.0 Å². The molecule has 2 heterocycles. The Bertz CT molecular complexity index is 720. The summed E-state index contributed by atoms with van der Waals surface area (Å²) in [6, 6.07) is 13.1. The summed E-state index contributed by atoms with van der Waals surface area (Å²) in [5.41, 5.74) is 2.59. The van der Waals surface area contributed by atoms with Crippen LogP contribution in [0.2, 0.25) is 0 Å². The SMILES string of the molecule is O=C(O)Oc1cc(-c2ccsc2)n(-c2ccccc2)n1. The van der Waals surface area contributed by atoms with Gasteiger partial charge in [-0.1, -0.05) is 18.2 Å². The first-order valence-electron chi connectivity index (χ1n) is 5.83. The largest absolute Gasteiger partial charge is 0.512 e. The minimum Gasteiger partial charge on any atom is -0.449 e. The summed E-state index contributed by atoms with van der Waals surface area (Å²) in [6.45, 7) is 0. The highest BCUT2D eigenvalue weighted by molar-refractivity contribution is 7.08. The Labute approximate surface area is 118 Å². The van der Waals surface area contributed by atoms with E-state index in [1.54, 1.807) is 22.1 Å². The van der Waals surface area contributed by atoms with Crippen molar-refractivity contribution in [3.8, 4) is 22.8 Å². The highest BCUT2D eigenvalue weighted by atomic mass is 32.1. The number of nitrogens with zero attached hydrogens (tertiary/aromatic N) is 2. The van der Waals surface area contributed by atoms with Crippen LogP contribution in [0.25, 0.3) is 16.9 Å². The van der Waals surface area contributed by atoms with Crippen molar-refractivity contribution in [2.24, 2.45) is 0 Å². The molecule has 0 fully saturated rings. The molecular formula is C14H10N2O3S. The second-order valence-corrected chi connectivity index (χ2v) is 4.78. The van der Waals surface area contributed by atoms with Gasteiger partial charge in [0.05, 0.1) is 11.4 Å². The Morgan fingerprint density at radius 3 is 2.70 bits per heavy atom. The van der Waals surface area contributed by atoms with Crippen LogP contribution in [0.1, 0.15) is 0 Å². The van der Waals surface area contributed by atoms with Gasteiger partial charge in [0.1, 0.15) is 0 Å². The quantitative estimate of drug-likeness (QED) is 0.746. The number of ether oxygens (including phenoxy) is 1. The predicted octanol–water partition coefficient (Wildman–Crippen LogP) is 3.66. The van der Waals surface area contributed by atoms with E-state index in [1.807, 2.05) is 47.2 Å². The molecule has 0 aliphatic rings. The molecule has 0 aliphatic carbocycles. The lowest BCUT2D eigenvalue weighted by atomic mass is 10.2. The Hall–Kier alpha value is -2.60. The van der Waals surface area contributed by atoms with Gasteiger partial charge in [-0.15, -0.1) is 5.10 Å². The summed E-state index contributed by atoms with van der Waals surface area (Å²) < 4.78 is 6.31. The number of carbonyl (C=O) groups is 1. The Kier molecular flexibility index (Phi) is 3.22. The molecule has 0 amide bonds. The van der Waals surface area contributed by atoms with Crippen molar-refractivity contribution in [1.29, 1.82) is 0 Å². The fraction of sp³-hybridized carbons (Fsp3) is 0. The predicted molar refractivity (Wildman–Crippen MR) is 75.5 cm³/mol. The van der Waals surface area contributed by atoms with Gasteiger partial charge in [-0.2, -0.15) is 11.3 Å². The molecule has 20 heavy (non-hydrogen) atoms. The molecule has 0 unspecified atom stereocenters. The molecule has 1 N–H and O–H groups in total. The van der Waals surface area contributed by atoms with Crippen LogP contribution < -0.4 is 4.74 Å². The lowest BCUT2D eigenvalue weighted by Crippen LogP contribution is -2.04. The molecule has 3 rings (SSSR count). The third kappa shape index (κ3) is 2.41. The van der Waals surface area contributed by atoms with Gasteiger partial charge in [0.2, 0.25) is 5.88 Å². The second-order valence-electron chi connectivity index (χ2n) is 4.00. The normalized spacial score (nSPS) is 10.4. The summed E-state index contributed by atoms with van der Waals surface area (Å²) >= 11 is 1.56. The zero-order valence-electron chi connectivity index (χ0n) is 10.3. The van der Waals surface area contributed by atoms with E-state index in [9.17, 15) is 4.79 Å². The van der Waals surface area contributed by atoms with Crippen LogP contribution in [0.5, 0.6) is 5.88 Å². The molecule has 0 radical (unpaired) electrons. The summed E-state index contributed by atoms with van der Waals surface area (Å²) in [5, 5.41) is 16.8. The minimum absolute atomic E-state index is 0.0579. The number of aromatic nitrogens is 2. The van der Waals surface area contributed by atoms with Gasteiger partial charge in [-0.3, -0.25) is 0 Å². The zero-order chi connectivity index (χ0) is 13.9. The Morgan fingerprint density at radius 1 is 1.25 bits per heavy atom. The third-order valence-electron chi connectivity index (χ3n) is 2.70. The first-order valence-corrected chi connectivity index (χ1v) is 6.77. The lowest BCUT2D eigenvalue weighted by molar-refractivity contribution is 0.142. The fourth-order valence-electron chi connectivity index (χ4n) is 1.88. The number of hydrogen-bond acceptors (Lipinski definition) is 4. The van der Waals surface area contributed by atoms with Crippen molar-refractivity contribution in [1.82, 2.24) is 9.78 Å². The van der Waals surface area contributed by atoms with Crippen molar-refractivity contribution in [3.05, 3.63) is 53.2 Å². The molecule has 0 bridgehead atoms. The van der Waals surface area contributed by atoms with Crippen molar-refractivity contribution in [2.75, 3.05) is 0 Å². The van der Waals surface area contributed by atoms with E-state index in [0.29, 0.717) is 0 Å². The first-order chi connectivity index (χ1) is 9.74. The molecule has 2 aromatic heterocycles. The van der Waals surface area contributed by atoms with E-state index >= 15 is 0 Å². The van der Waals surface area contributed by atoms with Crippen molar-refractivity contribution in [3.63, 3.8) is 0 Å². The maximum absolute atomic E-state index is 10.6. The Balaban J connectivity index is 2.11. The molecule has 0 spiro atoms. The number of rotatable bonds is 3. The van der Waals surface area contributed by atoms with Crippen LogP contribution in [0, 0.1) is 0 Å². The number of para-hydroxylation sites is 1. The average molecular weight is 286 g/mol. The smallest absolute Gasteiger partial charge is 0.449 e. The fourth-order valence-corrected chi connectivity index (χ4v) is 2.53. The van der Waals surface area contributed by atoms with Crippen LogP contribution in [0.4, 0.5) is 4.79 Å². The molecule has 100 valence electrons. The first kappa shape index (κ1) is 12.4. The summed E-state index contributed by atoms with van der Waals surface area (Å²) in [7, 11) is 0.